The Labute approximate surface area is 393 Å². The summed E-state index contributed by atoms with van der Waals surface area (Å²) < 4.78 is 39.2. The quantitative estimate of drug-likeness (QED) is 0.0114. The first-order valence-electron chi connectivity index (χ1n) is 23.8. The van der Waals surface area contributed by atoms with Gasteiger partial charge in [0.25, 0.3) is 0 Å². The number of aliphatic hydroxyl groups excluding tert-OH is 5. The van der Waals surface area contributed by atoms with Gasteiger partial charge in [0.1, 0.15) is 43.2 Å². The Hall–Kier alpha value is -3.53. The molecule has 1 saturated carbocycles. The van der Waals surface area contributed by atoms with Crippen LogP contribution in [0.5, 0.6) is 0 Å². The highest BCUT2D eigenvalue weighted by Gasteiger charge is 2.51. The SMILES string of the molecule is CC/C=C\C/C=C\C/C=C\C/C=C\C/C=C\C/C=C\CCC(=O)OC[C@H](COP(=O)(O)OC1[C@H](O)[C@H](O)C(O)[C@H](O)[C@H]1O)OC(=O)CCC/C=C\CC1OC1C/C=C\C/C=C\CCCCC. The van der Waals surface area contributed by atoms with E-state index in [9.17, 15) is 44.6 Å². The average Bonchev–Trinajstić information content (AvgIpc) is 4.06. The first-order chi connectivity index (χ1) is 31.9. The van der Waals surface area contributed by atoms with Crippen molar-refractivity contribution in [2.75, 3.05) is 13.2 Å². The van der Waals surface area contributed by atoms with Gasteiger partial charge in [-0.25, -0.2) is 4.57 Å². The van der Waals surface area contributed by atoms with Crippen molar-refractivity contribution in [1.82, 2.24) is 0 Å². The molecule has 2 fully saturated rings. The van der Waals surface area contributed by atoms with Gasteiger partial charge in [0, 0.05) is 12.8 Å². The van der Waals surface area contributed by atoms with Crippen LogP contribution in [-0.2, 0) is 37.4 Å². The van der Waals surface area contributed by atoms with Crippen LogP contribution in [0.25, 0.3) is 0 Å². The molecule has 0 aromatic heterocycles. The molecule has 10 atom stereocenters. The lowest BCUT2D eigenvalue weighted by Crippen LogP contribution is -2.64. The maximum Gasteiger partial charge on any atom is 0.472 e. The maximum absolute atomic E-state index is 12.8. The number of allylic oxidation sites excluding steroid dienone is 16. The third-order valence-corrected chi connectivity index (χ3v) is 11.5. The molecule has 2 rings (SSSR count). The number of carbonyl (C=O) groups is 2. The molecule has 66 heavy (non-hydrogen) atoms. The molecule has 5 unspecified atom stereocenters. The van der Waals surface area contributed by atoms with Crippen molar-refractivity contribution in [3.05, 3.63) is 109 Å². The number of aliphatic hydroxyl groups is 5. The van der Waals surface area contributed by atoms with E-state index in [1.807, 2.05) is 30.4 Å². The van der Waals surface area contributed by atoms with E-state index < -0.39 is 75.7 Å². The first-order valence-corrected chi connectivity index (χ1v) is 25.3. The lowest BCUT2D eigenvalue weighted by Gasteiger charge is -2.41. The zero-order chi connectivity index (χ0) is 48.3. The van der Waals surface area contributed by atoms with Gasteiger partial charge < -0.3 is 44.6 Å². The van der Waals surface area contributed by atoms with Crippen LogP contribution in [0.2, 0.25) is 0 Å². The van der Waals surface area contributed by atoms with Crippen molar-refractivity contribution in [2.24, 2.45) is 0 Å². The normalized spacial score (nSPS) is 25.3. The average molecular weight is 947 g/mol. The van der Waals surface area contributed by atoms with Crippen LogP contribution >= 0.6 is 7.82 Å². The number of hydrogen-bond donors (Lipinski definition) is 6. The number of unbranched alkanes of at least 4 members (excludes halogenated alkanes) is 4. The van der Waals surface area contributed by atoms with Crippen LogP contribution < -0.4 is 0 Å². The number of hydrogen-bond acceptors (Lipinski definition) is 13. The van der Waals surface area contributed by atoms with Gasteiger partial charge in [0.15, 0.2) is 6.10 Å². The van der Waals surface area contributed by atoms with Crippen LogP contribution in [0.15, 0.2) is 109 Å². The van der Waals surface area contributed by atoms with Crippen molar-refractivity contribution in [2.45, 2.75) is 184 Å². The Balaban J connectivity index is 1.77. The Morgan fingerprint density at radius 2 is 1.00 bits per heavy atom. The third-order valence-electron chi connectivity index (χ3n) is 10.5. The zero-order valence-corrected chi connectivity index (χ0v) is 40.0. The lowest BCUT2D eigenvalue weighted by atomic mass is 9.85. The van der Waals surface area contributed by atoms with Crippen LogP contribution in [0.1, 0.15) is 129 Å². The predicted octanol–water partition coefficient (Wildman–Crippen LogP) is 8.60. The predicted molar refractivity (Wildman–Crippen MR) is 257 cm³/mol. The Morgan fingerprint density at radius 1 is 0.545 bits per heavy atom. The van der Waals surface area contributed by atoms with Crippen molar-refractivity contribution < 1.29 is 67.8 Å². The standard InChI is InChI=1S/C51H79O14P/c1-3-5-7-9-11-13-14-15-16-17-18-19-20-21-22-24-26-28-33-37-44(52)61-39-41(40-62-66(59,60)65-51-49(57)47(55)46(54)48(56)50(51)58)63-45(53)38-34-30-29-32-36-43-42(64-43)35-31-27-25-23-12-10-8-6-4-2/h5,7,11-13,15-16,18-19,21-23,26-29,31-32,41-43,46-51,54-58H,3-4,6,8-10,14,17,20,24-25,30,33-40H2,1-2H3,(H,59,60)/b7-5-,13-11-,16-15-,19-18-,22-21-,23-12-,28-26-,31-27-,32-29-/t41-,42?,43?,46?,47-,48+,49-,50-,51?/m1/s1. The summed E-state index contributed by atoms with van der Waals surface area (Å²) in [5.41, 5.74) is 0. The Bertz CT molecular complexity index is 1630. The minimum atomic E-state index is -5.17. The molecule has 14 nitrogen and oxygen atoms in total. The maximum atomic E-state index is 12.8. The monoisotopic (exact) mass is 947 g/mol. The Morgan fingerprint density at radius 3 is 1.55 bits per heavy atom. The number of rotatable bonds is 36. The highest BCUT2D eigenvalue weighted by atomic mass is 31.2. The van der Waals surface area contributed by atoms with Gasteiger partial charge in [-0.2, -0.15) is 0 Å². The van der Waals surface area contributed by atoms with Crippen LogP contribution in [0.4, 0.5) is 0 Å². The topological polar surface area (TPSA) is 222 Å². The smallest absolute Gasteiger partial charge is 0.462 e. The first kappa shape index (κ1) is 58.6. The van der Waals surface area contributed by atoms with Crippen LogP contribution in [0.3, 0.4) is 0 Å². The fraction of sp³-hybridized carbons (Fsp3) is 0.608. The van der Waals surface area contributed by atoms with E-state index >= 15 is 0 Å². The van der Waals surface area contributed by atoms with E-state index in [1.165, 1.54) is 19.3 Å². The van der Waals surface area contributed by atoms with E-state index in [0.717, 1.165) is 57.8 Å². The minimum absolute atomic E-state index is 0.0102. The summed E-state index contributed by atoms with van der Waals surface area (Å²) in [7, 11) is -5.17. The molecule has 0 bridgehead atoms. The summed E-state index contributed by atoms with van der Waals surface area (Å²) in [5.74, 6) is -1.28. The molecule has 1 heterocycles. The summed E-state index contributed by atoms with van der Waals surface area (Å²) >= 11 is 0. The fourth-order valence-electron chi connectivity index (χ4n) is 6.58. The second kappa shape index (κ2) is 36.5. The van der Waals surface area contributed by atoms with Gasteiger partial charge in [0.05, 0.1) is 18.8 Å². The summed E-state index contributed by atoms with van der Waals surface area (Å²) in [4.78, 5) is 35.8. The molecule has 0 amide bonds. The number of esters is 2. The van der Waals surface area contributed by atoms with Gasteiger partial charge in [-0.05, 0) is 89.9 Å². The number of phosphoric acid groups is 1. The van der Waals surface area contributed by atoms with E-state index in [-0.39, 0.29) is 25.0 Å². The van der Waals surface area contributed by atoms with Crippen molar-refractivity contribution in [3.63, 3.8) is 0 Å². The summed E-state index contributed by atoms with van der Waals surface area (Å²) in [6, 6.07) is 0. The number of carbonyl (C=O) groups excluding carboxylic acids is 2. The molecule has 0 aromatic carbocycles. The van der Waals surface area contributed by atoms with Crippen LogP contribution in [0, 0.1) is 0 Å². The molecular formula is C51H79O14P. The highest BCUT2D eigenvalue weighted by Crippen LogP contribution is 2.47. The van der Waals surface area contributed by atoms with Gasteiger partial charge in [-0.15, -0.1) is 0 Å². The van der Waals surface area contributed by atoms with Gasteiger partial charge in [-0.1, -0.05) is 136 Å². The van der Waals surface area contributed by atoms with Gasteiger partial charge >= 0.3 is 19.8 Å². The molecule has 2 aliphatic rings. The molecule has 6 N–H and O–H groups in total. The fourth-order valence-corrected chi connectivity index (χ4v) is 7.55. The molecule has 372 valence electrons. The van der Waals surface area contributed by atoms with E-state index in [0.29, 0.717) is 25.7 Å². The van der Waals surface area contributed by atoms with E-state index in [4.69, 9.17) is 23.3 Å². The summed E-state index contributed by atoms with van der Waals surface area (Å²) in [5, 5.41) is 50.2. The molecular weight excluding hydrogens is 868 g/mol. The number of ether oxygens (including phenoxy) is 3. The van der Waals surface area contributed by atoms with Gasteiger partial charge in [0.2, 0.25) is 0 Å². The molecule has 1 aliphatic carbocycles. The highest BCUT2D eigenvalue weighted by molar-refractivity contribution is 7.47. The zero-order valence-electron chi connectivity index (χ0n) is 39.1. The molecule has 1 aliphatic heterocycles. The molecule has 15 heteroatoms. The van der Waals surface area contributed by atoms with Crippen molar-refractivity contribution in [1.29, 1.82) is 0 Å². The third kappa shape index (κ3) is 28.0. The second-order valence-electron chi connectivity index (χ2n) is 16.3. The van der Waals surface area contributed by atoms with E-state index in [1.54, 1.807) is 0 Å². The summed E-state index contributed by atoms with van der Waals surface area (Å²) in [6.45, 7) is 3.02. The van der Waals surface area contributed by atoms with Crippen molar-refractivity contribution in [3.8, 4) is 0 Å². The summed E-state index contributed by atoms with van der Waals surface area (Å²) in [6.07, 6.45) is 38.9. The second-order valence-corrected chi connectivity index (χ2v) is 17.7. The Kier molecular flexibility index (Phi) is 32.4. The largest absolute Gasteiger partial charge is 0.472 e. The molecule has 0 spiro atoms. The minimum Gasteiger partial charge on any atom is -0.462 e. The van der Waals surface area contributed by atoms with Crippen LogP contribution in [-0.4, -0.2) is 111 Å². The molecule has 0 aromatic rings. The molecule has 1 saturated heterocycles. The lowest BCUT2D eigenvalue weighted by molar-refractivity contribution is -0.220. The van der Waals surface area contributed by atoms with Gasteiger partial charge in [-0.3, -0.25) is 18.6 Å². The molecule has 0 radical (unpaired) electrons. The van der Waals surface area contributed by atoms with Crippen molar-refractivity contribution >= 4 is 19.8 Å². The number of epoxide rings is 1. The number of phosphoric ester groups is 1. The van der Waals surface area contributed by atoms with E-state index in [2.05, 4.69) is 92.8 Å².